The number of benzene rings is 2. The molecule has 0 bridgehead atoms. The van der Waals surface area contributed by atoms with E-state index in [0.29, 0.717) is 17.9 Å². The standard InChI is InChI=1S/C18H17F2NO3/c19-13-3-8-17(16(20)11-13)24-15-6-1-12(2-7-15)18(23)21(9-10-22)14-4-5-14/h1-3,6-8,11,14,22H,4-5,9-10H2. The van der Waals surface area contributed by atoms with Gasteiger partial charge >= 0.3 is 0 Å². The van der Waals surface area contributed by atoms with Gasteiger partial charge in [0, 0.05) is 24.2 Å². The number of rotatable bonds is 6. The van der Waals surface area contributed by atoms with Gasteiger partial charge in [-0.1, -0.05) is 0 Å². The fourth-order valence-corrected chi connectivity index (χ4v) is 2.46. The van der Waals surface area contributed by atoms with Crippen molar-refractivity contribution in [3.8, 4) is 11.5 Å². The SMILES string of the molecule is O=C(c1ccc(Oc2ccc(F)cc2F)cc1)N(CCO)C1CC1. The van der Waals surface area contributed by atoms with Crippen LogP contribution < -0.4 is 4.74 Å². The molecule has 1 saturated carbocycles. The van der Waals surface area contributed by atoms with Gasteiger partial charge in [-0.15, -0.1) is 0 Å². The zero-order chi connectivity index (χ0) is 17.1. The smallest absolute Gasteiger partial charge is 0.254 e. The van der Waals surface area contributed by atoms with Crippen molar-refractivity contribution < 1.29 is 23.4 Å². The number of carbonyl (C=O) groups is 1. The summed E-state index contributed by atoms with van der Waals surface area (Å²) in [7, 11) is 0. The minimum absolute atomic E-state index is 0.0761. The molecule has 0 radical (unpaired) electrons. The molecule has 0 spiro atoms. The highest BCUT2D eigenvalue weighted by atomic mass is 19.1. The molecule has 1 aliphatic rings. The third-order valence-corrected chi connectivity index (χ3v) is 3.81. The minimum atomic E-state index is -0.794. The molecule has 1 amide bonds. The van der Waals surface area contributed by atoms with Crippen molar-refractivity contribution in [3.05, 3.63) is 59.7 Å². The van der Waals surface area contributed by atoms with Gasteiger partial charge in [0.25, 0.3) is 5.91 Å². The van der Waals surface area contributed by atoms with Gasteiger partial charge in [-0.05, 0) is 49.2 Å². The van der Waals surface area contributed by atoms with Crippen LogP contribution >= 0.6 is 0 Å². The maximum absolute atomic E-state index is 13.6. The number of hydrogen-bond donors (Lipinski definition) is 1. The highest BCUT2D eigenvalue weighted by molar-refractivity contribution is 5.94. The predicted octanol–water partition coefficient (Wildman–Crippen LogP) is 3.35. The maximum atomic E-state index is 13.6. The fraction of sp³-hybridized carbons (Fsp3) is 0.278. The van der Waals surface area contributed by atoms with Crippen molar-refractivity contribution in [2.24, 2.45) is 0 Å². The molecule has 0 aromatic heterocycles. The number of carbonyl (C=O) groups excluding carboxylic acids is 1. The first-order valence-electron chi connectivity index (χ1n) is 7.73. The third-order valence-electron chi connectivity index (χ3n) is 3.81. The summed E-state index contributed by atoms with van der Waals surface area (Å²) < 4.78 is 31.8. The Morgan fingerprint density at radius 3 is 2.46 bits per heavy atom. The summed E-state index contributed by atoms with van der Waals surface area (Å²) in [5.41, 5.74) is 0.474. The Kier molecular flexibility index (Phi) is 4.76. The Morgan fingerprint density at radius 1 is 1.17 bits per heavy atom. The highest BCUT2D eigenvalue weighted by Gasteiger charge is 2.32. The minimum Gasteiger partial charge on any atom is -0.454 e. The van der Waals surface area contributed by atoms with Gasteiger partial charge in [0.1, 0.15) is 11.6 Å². The van der Waals surface area contributed by atoms with Crippen LogP contribution in [0.25, 0.3) is 0 Å². The van der Waals surface area contributed by atoms with Crippen molar-refractivity contribution in [3.63, 3.8) is 0 Å². The monoisotopic (exact) mass is 333 g/mol. The Balaban J connectivity index is 1.71. The molecular formula is C18H17F2NO3. The summed E-state index contributed by atoms with van der Waals surface area (Å²) in [6.07, 6.45) is 1.91. The van der Waals surface area contributed by atoms with Crippen molar-refractivity contribution in [2.75, 3.05) is 13.2 Å². The summed E-state index contributed by atoms with van der Waals surface area (Å²) in [4.78, 5) is 14.1. The Labute approximate surface area is 138 Å². The molecule has 126 valence electrons. The molecule has 0 atom stereocenters. The lowest BCUT2D eigenvalue weighted by Gasteiger charge is -2.21. The van der Waals surface area contributed by atoms with E-state index in [0.717, 1.165) is 25.0 Å². The molecule has 1 fully saturated rings. The molecule has 24 heavy (non-hydrogen) atoms. The molecular weight excluding hydrogens is 316 g/mol. The van der Waals surface area contributed by atoms with E-state index in [9.17, 15) is 13.6 Å². The molecule has 3 rings (SSSR count). The lowest BCUT2D eigenvalue weighted by molar-refractivity contribution is 0.0707. The molecule has 6 heteroatoms. The molecule has 0 aliphatic heterocycles. The summed E-state index contributed by atoms with van der Waals surface area (Å²) in [6.45, 7) is 0.232. The Bertz CT molecular complexity index is 730. The fourth-order valence-electron chi connectivity index (χ4n) is 2.46. The highest BCUT2D eigenvalue weighted by Crippen LogP contribution is 2.29. The zero-order valence-electron chi connectivity index (χ0n) is 12.9. The number of amides is 1. The van der Waals surface area contributed by atoms with Crippen LogP contribution in [0.3, 0.4) is 0 Å². The number of aliphatic hydroxyl groups is 1. The van der Waals surface area contributed by atoms with Gasteiger partial charge in [-0.25, -0.2) is 8.78 Å². The average Bonchev–Trinajstić information content (AvgIpc) is 3.40. The first-order valence-corrected chi connectivity index (χ1v) is 7.73. The van der Waals surface area contributed by atoms with Crippen LogP contribution in [0.5, 0.6) is 11.5 Å². The van der Waals surface area contributed by atoms with E-state index in [1.807, 2.05) is 0 Å². The van der Waals surface area contributed by atoms with E-state index in [2.05, 4.69) is 0 Å². The molecule has 2 aromatic carbocycles. The van der Waals surface area contributed by atoms with E-state index in [4.69, 9.17) is 9.84 Å². The topological polar surface area (TPSA) is 49.8 Å². The summed E-state index contributed by atoms with van der Waals surface area (Å²) in [5, 5.41) is 9.09. The van der Waals surface area contributed by atoms with Gasteiger partial charge in [-0.2, -0.15) is 0 Å². The molecule has 1 N–H and O–H groups in total. The maximum Gasteiger partial charge on any atom is 0.254 e. The number of halogens is 2. The predicted molar refractivity (Wildman–Crippen MR) is 84.0 cm³/mol. The van der Waals surface area contributed by atoms with Gasteiger partial charge in [-0.3, -0.25) is 4.79 Å². The summed E-state index contributed by atoms with van der Waals surface area (Å²) >= 11 is 0. The molecule has 2 aromatic rings. The van der Waals surface area contributed by atoms with E-state index in [-0.39, 0.29) is 24.3 Å². The quantitative estimate of drug-likeness (QED) is 0.882. The van der Waals surface area contributed by atoms with Gasteiger partial charge in [0.05, 0.1) is 6.61 Å². The van der Waals surface area contributed by atoms with Crippen LogP contribution in [0.1, 0.15) is 23.2 Å². The second kappa shape index (κ2) is 6.97. The number of aliphatic hydroxyl groups excluding tert-OH is 1. The second-order valence-electron chi connectivity index (χ2n) is 5.65. The molecule has 0 heterocycles. The van der Waals surface area contributed by atoms with Crippen LogP contribution in [0.4, 0.5) is 8.78 Å². The average molecular weight is 333 g/mol. The first-order chi connectivity index (χ1) is 11.6. The lowest BCUT2D eigenvalue weighted by Crippen LogP contribution is -2.35. The van der Waals surface area contributed by atoms with Crippen LogP contribution in [-0.4, -0.2) is 35.1 Å². The van der Waals surface area contributed by atoms with Gasteiger partial charge in [0.2, 0.25) is 0 Å². The van der Waals surface area contributed by atoms with Crippen molar-refractivity contribution in [2.45, 2.75) is 18.9 Å². The summed E-state index contributed by atoms with van der Waals surface area (Å²) in [5.74, 6) is -1.36. The third kappa shape index (κ3) is 3.71. The van der Waals surface area contributed by atoms with Crippen LogP contribution in [0.15, 0.2) is 42.5 Å². The van der Waals surface area contributed by atoms with E-state index >= 15 is 0 Å². The molecule has 0 unspecified atom stereocenters. The number of nitrogens with zero attached hydrogens (tertiary/aromatic N) is 1. The van der Waals surface area contributed by atoms with Crippen LogP contribution in [0, 0.1) is 11.6 Å². The van der Waals surface area contributed by atoms with Gasteiger partial charge < -0.3 is 14.7 Å². The summed E-state index contributed by atoms with van der Waals surface area (Å²) in [6, 6.07) is 9.56. The zero-order valence-corrected chi connectivity index (χ0v) is 12.9. The first kappa shape index (κ1) is 16.4. The van der Waals surface area contributed by atoms with Crippen molar-refractivity contribution in [1.29, 1.82) is 0 Å². The second-order valence-corrected chi connectivity index (χ2v) is 5.65. The van der Waals surface area contributed by atoms with E-state index in [1.54, 1.807) is 29.2 Å². The van der Waals surface area contributed by atoms with Crippen molar-refractivity contribution >= 4 is 5.91 Å². The Morgan fingerprint density at radius 2 is 1.88 bits per heavy atom. The number of ether oxygens (including phenoxy) is 1. The van der Waals surface area contributed by atoms with E-state index in [1.165, 1.54) is 6.07 Å². The molecule has 1 aliphatic carbocycles. The molecule has 4 nitrogen and oxygen atoms in total. The lowest BCUT2D eigenvalue weighted by atomic mass is 10.2. The largest absolute Gasteiger partial charge is 0.454 e. The van der Waals surface area contributed by atoms with Crippen LogP contribution in [-0.2, 0) is 0 Å². The van der Waals surface area contributed by atoms with Crippen LogP contribution in [0.2, 0.25) is 0 Å². The van der Waals surface area contributed by atoms with E-state index < -0.39 is 11.6 Å². The van der Waals surface area contributed by atoms with Gasteiger partial charge in [0.15, 0.2) is 11.6 Å². The number of hydrogen-bond acceptors (Lipinski definition) is 3. The normalized spacial score (nSPS) is 13.6. The Hall–Kier alpha value is -2.47. The molecule has 0 saturated heterocycles. The van der Waals surface area contributed by atoms with Crippen molar-refractivity contribution in [1.82, 2.24) is 4.90 Å².